The molecule has 3 aromatic rings. The van der Waals surface area contributed by atoms with Crippen molar-refractivity contribution in [3.05, 3.63) is 36.2 Å². The molecule has 4 rings (SSSR count). The van der Waals surface area contributed by atoms with Crippen LogP contribution in [0.25, 0.3) is 11.0 Å². The maximum atomic E-state index is 4.47. The summed E-state index contributed by atoms with van der Waals surface area (Å²) in [5.74, 6) is 2.03. The summed E-state index contributed by atoms with van der Waals surface area (Å²) in [5.41, 5.74) is 4.17. The molecule has 1 N–H and O–H groups in total. The number of aryl methyl sites for hydroxylation is 1. The number of nitrogens with one attached hydrogen (secondary N) is 1. The van der Waals surface area contributed by atoms with Gasteiger partial charge in [0, 0.05) is 43.6 Å². The Kier molecular flexibility index (Phi) is 3.33. The Morgan fingerprint density at radius 2 is 1.52 bits per heavy atom. The van der Waals surface area contributed by atoms with Crippen molar-refractivity contribution in [2.24, 2.45) is 0 Å². The van der Waals surface area contributed by atoms with Crippen LogP contribution in [-0.2, 0) is 0 Å². The molecule has 0 spiro atoms. The van der Waals surface area contributed by atoms with Crippen LogP contribution in [0, 0.1) is 13.8 Å². The average molecular weight is 309 g/mol. The number of nitrogens with zero attached hydrogens (tertiary/aromatic N) is 6. The average Bonchev–Trinajstić information content (AvgIpc) is 3.06. The molecule has 1 aliphatic heterocycles. The molecule has 0 atom stereocenters. The number of aromatic nitrogens is 5. The van der Waals surface area contributed by atoms with Gasteiger partial charge < -0.3 is 14.8 Å². The molecule has 1 aliphatic rings. The van der Waals surface area contributed by atoms with E-state index in [9.17, 15) is 0 Å². The van der Waals surface area contributed by atoms with Gasteiger partial charge in [-0.1, -0.05) is 0 Å². The van der Waals surface area contributed by atoms with Crippen LogP contribution < -0.4 is 9.80 Å². The van der Waals surface area contributed by atoms with E-state index < -0.39 is 0 Å². The van der Waals surface area contributed by atoms with Crippen molar-refractivity contribution in [2.45, 2.75) is 13.8 Å². The van der Waals surface area contributed by atoms with Gasteiger partial charge in [0.25, 0.3) is 0 Å². The van der Waals surface area contributed by atoms with Crippen LogP contribution in [-0.4, -0.2) is 51.1 Å². The minimum atomic E-state index is 0.910. The minimum absolute atomic E-state index is 0.910. The second kappa shape index (κ2) is 5.49. The summed E-state index contributed by atoms with van der Waals surface area (Å²) in [4.78, 5) is 25.4. The molecule has 0 aromatic carbocycles. The Morgan fingerprint density at radius 3 is 2.30 bits per heavy atom. The van der Waals surface area contributed by atoms with Crippen LogP contribution in [0.1, 0.15) is 11.3 Å². The number of aromatic amines is 1. The highest BCUT2D eigenvalue weighted by molar-refractivity contribution is 5.86. The molecule has 7 nitrogen and oxygen atoms in total. The smallest absolute Gasteiger partial charge is 0.156 e. The quantitative estimate of drug-likeness (QED) is 0.776. The third-order valence-electron chi connectivity index (χ3n) is 4.51. The number of H-pyrrole nitrogens is 1. The fourth-order valence-corrected chi connectivity index (χ4v) is 3.07. The molecular weight excluding hydrogens is 290 g/mol. The van der Waals surface area contributed by atoms with Gasteiger partial charge in [0.15, 0.2) is 5.82 Å². The predicted molar refractivity (Wildman–Crippen MR) is 89.8 cm³/mol. The number of anilines is 2. The highest BCUT2D eigenvalue weighted by atomic mass is 15.3. The van der Waals surface area contributed by atoms with Gasteiger partial charge in [-0.05, 0) is 19.9 Å². The van der Waals surface area contributed by atoms with E-state index >= 15 is 0 Å². The summed E-state index contributed by atoms with van der Waals surface area (Å²) in [5, 5.41) is 0. The molecule has 118 valence electrons. The van der Waals surface area contributed by atoms with Crippen molar-refractivity contribution in [2.75, 3.05) is 36.0 Å². The van der Waals surface area contributed by atoms with Crippen molar-refractivity contribution in [3.63, 3.8) is 0 Å². The van der Waals surface area contributed by atoms with E-state index in [-0.39, 0.29) is 0 Å². The zero-order chi connectivity index (χ0) is 15.8. The van der Waals surface area contributed by atoms with Crippen LogP contribution in [0.4, 0.5) is 11.6 Å². The SMILES string of the molecule is Cc1ncnc(N2CCN(c3ncnc4cc[nH]c34)CC2)c1C. The lowest BCUT2D eigenvalue weighted by atomic mass is 10.2. The fraction of sp³-hybridized carbons (Fsp3) is 0.375. The third kappa shape index (κ3) is 2.38. The lowest BCUT2D eigenvalue weighted by Crippen LogP contribution is -2.47. The summed E-state index contributed by atoms with van der Waals surface area (Å²) < 4.78 is 0. The molecule has 3 aromatic heterocycles. The van der Waals surface area contributed by atoms with Crippen molar-refractivity contribution in [1.82, 2.24) is 24.9 Å². The Morgan fingerprint density at radius 1 is 0.870 bits per heavy atom. The summed E-state index contributed by atoms with van der Waals surface area (Å²) in [7, 11) is 0. The maximum Gasteiger partial charge on any atom is 0.156 e. The van der Waals surface area contributed by atoms with E-state index in [0.29, 0.717) is 0 Å². The third-order valence-corrected chi connectivity index (χ3v) is 4.51. The molecule has 0 amide bonds. The molecule has 4 heterocycles. The van der Waals surface area contributed by atoms with Gasteiger partial charge in [-0.3, -0.25) is 0 Å². The van der Waals surface area contributed by atoms with Gasteiger partial charge >= 0.3 is 0 Å². The molecular formula is C16H19N7. The van der Waals surface area contributed by atoms with Gasteiger partial charge in [-0.15, -0.1) is 0 Å². The molecule has 0 bridgehead atoms. The first-order valence-electron chi connectivity index (χ1n) is 7.80. The summed E-state index contributed by atoms with van der Waals surface area (Å²) in [6, 6.07) is 1.98. The van der Waals surface area contributed by atoms with E-state index in [1.807, 2.05) is 19.2 Å². The molecule has 0 unspecified atom stereocenters. The molecule has 7 heteroatoms. The molecule has 1 fully saturated rings. The number of fused-ring (bicyclic) bond motifs is 1. The Hall–Kier alpha value is -2.70. The van der Waals surface area contributed by atoms with Crippen molar-refractivity contribution >= 4 is 22.7 Å². The molecule has 23 heavy (non-hydrogen) atoms. The zero-order valence-corrected chi connectivity index (χ0v) is 13.3. The van der Waals surface area contributed by atoms with E-state index in [4.69, 9.17) is 0 Å². The van der Waals surface area contributed by atoms with E-state index in [1.54, 1.807) is 12.7 Å². The van der Waals surface area contributed by atoms with Crippen molar-refractivity contribution < 1.29 is 0 Å². The Labute approximate surface area is 134 Å². The van der Waals surface area contributed by atoms with Crippen LogP contribution in [0.3, 0.4) is 0 Å². The van der Waals surface area contributed by atoms with Crippen LogP contribution in [0.15, 0.2) is 24.9 Å². The molecule has 0 radical (unpaired) electrons. The normalized spacial score (nSPS) is 15.4. The van der Waals surface area contributed by atoms with Gasteiger partial charge in [-0.25, -0.2) is 19.9 Å². The van der Waals surface area contributed by atoms with Gasteiger partial charge in [0.05, 0.1) is 5.52 Å². The Balaban J connectivity index is 1.55. The topological polar surface area (TPSA) is 73.8 Å². The lowest BCUT2D eigenvalue weighted by molar-refractivity contribution is 0.640. The minimum Gasteiger partial charge on any atom is -0.357 e. The Bertz CT molecular complexity index is 833. The molecule has 1 saturated heterocycles. The van der Waals surface area contributed by atoms with Crippen molar-refractivity contribution in [3.8, 4) is 0 Å². The standard InChI is InChI=1S/C16H19N7/c1-11-12(2)18-9-20-15(11)22-5-7-23(8-6-22)16-14-13(3-4-17-14)19-10-21-16/h3-4,9-10,17H,5-8H2,1-2H3. The molecule has 0 aliphatic carbocycles. The second-order valence-corrected chi connectivity index (χ2v) is 5.82. The van der Waals surface area contributed by atoms with Crippen LogP contribution in [0.2, 0.25) is 0 Å². The van der Waals surface area contributed by atoms with Gasteiger partial charge in [0.2, 0.25) is 0 Å². The lowest BCUT2D eigenvalue weighted by Gasteiger charge is -2.36. The number of hydrogen-bond acceptors (Lipinski definition) is 6. The summed E-state index contributed by atoms with van der Waals surface area (Å²) in [6.45, 7) is 7.78. The predicted octanol–water partition coefficient (Wildman–Crippen LogP) is 1.69. The number of piperazine rings is 1. The number of hydrogen-bond donors (Lipinski definition) is 1. The monoisotopic (exact) mass is 309 g/mol. The van der Waals surface area contributed by atoms with Gasteiger partial charge in [0.1, 0.15) is 24.0 Å². The van der Waals surface area contributed by atoms with Crippen LogP contribution >= 0.6 is 0 Å². The zero-order valence-electron chi connectivity index (χ0n) is 13.3. The second-order valence-electron chi connectivity index (χ2n) is 5.82. The molecule has 0 saturated carbocycles. The maximum absolute atomic E-state index is 4.47. The van der Waals surface area contributed by atoms with Gasteiger partial charge in [-0.2, -0.15) is 0 Å². The summed E-state index contributed by atoms with van der Waals surface area (Å²) >= 11 is 0. The van der Waals surface area contributed by atoms with E-state index in [1.165, 1.54) is 0 Å². The fourth-order valence-electron chi connectivity index (χ4n) is 3.07. The van der Waals surface area contributed by atoms with E-state index in [0.717, 1.165) is 60.1 Å². The first-order valence-corrected chi connectivity index (χ1v) is 7.80. The highest BCUT2D eigenvalue weighted by Crippen LogP contribution is 2.24. The van der Waals surface area contributed by atoms with Crippen LogP contribution in [0.5, 0.6) is 0 Å². The first kappa shape index (κ1) is 13.9. The number of rotatable bonds is 2. The largest absolute Gasteiger partial charge is 0.357 e. The van der Waals surface area contributed by atoms with Crippen molar-refractivity contribution in [1.29, 1.82) is 0 Å². The summed E-state index contributed by atoms with van der Waals surface area (Å²) in [6.07, 6.45) is 5.19. The highest BCUT2D eigenvalue weighted by Gasteiger charge is 2.22. The first-order chi connectivity index (χ1) is 11.2. The van der Waals surface area contributed by atoms with E-state index in [2.05, 4.69) is 41.6 Å².